The molecule has 2 heterocycles. The summed E-state index contributed by atoms with van der Waals surface area (Å²) in [4.78, 5) is 0. The Bertz CT molecular complexity index is 1510. The van der Waals surface area contributed by atoms with Crippen molar-refractivity contribution in [3.63, 3.8) is 0 Å². The first kappa shape index (κ1) is 26.1. The molecule has 3 N–H and O–H groups in total. The van der Waals surface area contributed by atoms with Gasteiger partial charge in [0.2, 0.25) is 11.8 Å². The van der Waals surface area contributed by atoms with Gasteiger partial charge >= 0.3 is 0 Å². The van der Waals surface area contributed by atoms with Gasteiger partial charge in [-0.2, -0.15) is 0 Å². The molecule has 1 aliphatic carbocycles. The molecule has 6 rings (SSSR count). The van der Waals surface area contributed by atoms with E-state index in [9.17, 15) is 10.2 Å². The molecule has 40 heavy (non-hydrogen) atoms. The maximum absolute atomic E-state index is 13.0. The predicted molar refractivity (Wildman–Crippen MR) is 144 cm³/mol. The maximum atomic E-state index is 13.0. The van der Waals surface area contributed by atoms with E-state index in [4.69, 9.17) is 23.4 Å². The van der Waals surface area contributed by atoms with E-state index in [1.807, 2.05) is 42.5 Å². The topological polar surface area (TPSA) is 128 Å². The molecule has 5 atom stereocenters. The molecular weight excluding hydrogens is 514 g/mol. The van der Waals surface area contributed by atoms with Crippen molar-refractivity contribution in [3.05, 3.63) is 95.2 Å². The Morgan fingerprint density at radius 1 is 0.925 bits per heavy atom. The summed E-state index contributed by atoms with van der Waals surface area (Å²) in [5.41, 5.74) is -1.79. The first-order chi connectivity index (χ1) is 19.4. The number of methoxy groups -OCH3 is 3. The molecule has 0 radical (unpaired) electrons. The van der Waals surface area contributed by atoms with E-state index < -0.39 is 29.1 Å². The SMILES string of the molecule is CNCc1nnc([C@H]2[C@@H](c3ccccc3)[C@]3(c4ccc(OC)cc4)Oc4cc(OC)cc(OC)c4[C@]3(O)[C@H]2O)o1. The summed E-state index contributed by atoms with van der Waals surface area (Å²) in [6.07, 6.45) is -1.44. The highest BCUT2D eigenvalue weighted by Crippen LogP contribution is 2.72. The zero-order chi connectivity index (χ0) is 28.1. The van der Waals surface area contributed by atoms with Gasteiger partial charge in [-0.15, -0.1) is 10.2 Å². The average Bonchev–Trinajstić information content (AvgIpc) is 3.61. The van der Waals surface area contributed by atoms with Crippen LogP contribution in [0.4, 0.5) is 0 Å². The summed E-state index contributed by atoms with van der Waals surface area (Å²) < 4.78 is 29.6. The fourth-order valence-corrected chi connectivity index (χ4v) is 6.40. The second kappa shape index (κ2) is 9.81. The largest absolute Gasteiger partial charge is 0.497 e. The maximum Gasteiger partial charge on any atom is 0.230 e. The molecule has 0 spiro atoms. The third-order valence-electron chi connectivity index (χ3n) is 8.05. The number of nitrogens with zero attached hydrogens (tertiary/aromatic N) is 2. The van der Waals surface area contributed by atoms with Crippen LogP contribution in [0.25, 0.3) is 0 Å². The minimum Gasteiger partial charge on any atom is -0.497 e. The van der Waals surface area contributed by atoms with Crippen molar-refractivity contribution in [2.45, 2.75) is 35.7 Å². The Morgan fingerprint density at radius 2 is 1.65 bits per heavy atom. The van der Waals surface area contributed by atoms with Gasteiger partial charge in [-0.1, -0.05) is 42.5 Å². The lowest BCUT2D eigenvalue weighted by atomic mass is 9.70. The van der Waals surface area contributed by atoms with Gasteiger partial charge in [-0.25, -0.2) is 0 Å². The van der Waals surface area contributed by atoms with Gasteiger partial charge in [0.1, 0.15) is 29.1 Å². The highest BCUT2D eigenvalue weighted by Gasteiger charge is 2.78. The molecule has 208 valence electrons. The van der Waals surface area contributed by atoms with E-state index in [1.54, 1.807) is 45.5 Å². The van der Waals surface area contributed by atoms with Crippen LogP contribution in [0.1, 0.15) is 40.3 Å². The van der Waals surface area contributed by atoms with Gasteiger partial charge in [0.15, 0.2) is 11.2 Å². The van der Waals surface area contributed by atoms with Crippen LogP contribution in [0, 0.1) is 0 Å². The normalized spacial score (nSPS) is 26.6. The predicted octanol–water partition coefficient (Wildman–Crippen LogP) is 3.23. The number of aliphatic hydroxyl groups is 2. The summed E-state index contributed by atoms with van der Waals surface area (Å²) in [6, 6.07) is 20.2. The van der Waals surface area contributed by atoms with Crippen molar-refractivity contribution in [2.75, 3.05) is 28.4 Å². The first-order valence-corrected chi connectivity index (χ1v) is 12.9. The zero-order valence-corrected chi connectivity index (χ0v) is 22.6. The minimum absolute atomic E-state index is 0.194. The number of rotatable bonds is 8. The van der Waals surface area contributed by atoms with E-state index in [0.717, 1.165) is 5.56 Å². The molecule has 10 nitrogen and oxygen atoms in total. The number of aromatic nitrogens is 2. The lowest BCUT2D eigenvalue weighted by Gasteiger charge is -2.40. The fraction of sp³-hybridized carbons (Fsp3) is 0.333. The van der Waals surface area contributed by atoms with Crippen LogP contribution in [-0.2, 0) is 17.7 Å². The van der Waals surface area contributed by atoms with E-state index in [0.29, 0.717) is 46.6 Å². The lowest BCUT2D eigenvalue weighted by molar-refractivity contribution is -0.151. The summed E-state index contributed by atoms with van der Waals surface area (Å²) in [6.45, 7) is 0.354. The molecule has 1 fully saturated rings. The molecule has 0 amide bonds. The highest BCUT2D eigenvalue weighted by atomic mass is 16.5. The van der Waals surface area contributed by atoms with E-state index in [-0.39, 0.29) is 5.89 Å². The Labute approximate surface area is 231 Å². The molecule has 2 aliphatic rings. The van der Waals surface area contributed by atoms with Gasteiger partial charge in [0, 0.05) is 18.1 Å². The van der Waals surface area contributed by atoms with Crippen LogP contribution >= 0.6 is 0 Å². The average molecular weight is 546 g/mol. The molecule has 10 heteroatoms. The molecule has 0 unspecified atom stereocenters. The van der Waals surface area contributed by atoms with Crippen molar-refractivity contribution < 1.29 is 33.6 Å². The fourth-order valence-electron chi connectivity index (χ4n) is 6.40. The van der Waals surface area contributed by atoms with E-state index in [1.165, 1.54) is 7.11 Å². The van der Waals surface area contributed by atoms with Gasteiger partial charge < -0.3 is 38.9 Å². The minimum atomic E-state index is -2.00. The van der Waals surface area contributed by atoms with Crippen molar-refractivity contribution >= 4 is 0 Å². The molecular formula is C30H31N3O7. The van der Waals surface area contributed by atoms with Crippen LogP contribution in [0.2, 0.25) is 0 Å². The van der Waals surface area contributed by atoms with E-state index >= 15 is 0 Å². The third-order valence-corrected chi connectivity index (χ3v) is 8.05. The Balaban J connectivity index is 1.68. The highest BCUT2D eigenvalue weighted by molar-refractivity contribution is 5.63. The van der Waals surface area contributed by atoms with Crippen molar-refractivity contribution in [2.24, 2.45) is 0 Å². The van der Waals surface area contributed by atoms with E-state index in [2.05, 4.69) is 15.5 Å². The number of ether oxygens (including phenoxy) is 4. The monoisotopic (exact) mass is 545 g/mol. The molecule has 1 aliphatic heterocycles. The van der Waals surface area contributed by atoms with Crippen LogP contribution in [0.3, 0.4) is 0 Å². The summed E-state index contributed by atoms with van der Waals surface area (Å²) >= 11 is 0. The van der Waals surface area contributed by atoms with Crippen LogP contribution in [-0.4, -0.2) is 54.9 Å². The van der Waals surface area contributed by atoms with Crippen molar-refractivity contribution in [1.29, 1.82) is 0 Å². The summed E-state index contributed by atoms with van der Waals surface area (Å²) in [7, 11) is 6.41. The molecule has 0 saturated heterocycles. The quantitative estimate of drug-likeness (QED) is 0.304. The number of fused-ring (bicyclic) bond motifs is 3. The first-order valence-electron chi connectivity index (χ1n) is 12.9. The zero-order valence-electron chi connectivity index (χ0n) is 22.6. The van der Waals surface area contributed by atoms with Gasteiger partial charge in [-0.3, -0.25) is 0 Å². The third kappa shape index (κ3) is 3.53. The molecule has 1 aromatic heterocycles. The molecule has 3 aromatic carbocycles. The Kier molecular flexibility index (Phi) is 6.41. The van der Waals surface area contributed by atoms with Crippen LogP contribution in [0.5, 0.6) is 23.0 Å². The second-order valence-electron chi connectivity index (χ2n) is 9.96. The number of aliphatic hydroxyl groups excluding tert-OH is 1. The summed E-state index contributed by atoms with van der Waals surface area (Å²) in [5.74, 6) is 0.830. The standard InChI is InChI=1S/C30H31N3O7/c1-31-16-23-32-33-28(39-23)24-25(17-8-6-5-7-9-17)30(18-10-12-19(36-2)13-11-18)29(35,27(24)34)26-21(38-4)14-20(37-3)15-22(26)40-30/h5-15,24-25,27,31,34-35H,16H2,1-4H3/t24-,25+,27-,29-,30-/m0/s1. The van der Waals surface area contributed by atoms with Gasteiger partial charge in [0.25, 0.3) is 0 Å². The van der Waals surface area contributed by atoms with Crippen molar-refractivity contribution in [3.8, 4) is 23.0 Å². The van der Waals surface area contributed by atoms with Crippen LogP contribution in [0.15, 0.2) is 71.1 Å². The summed E-state index contributed by atoms with van der Waals surface area (Å²) in [5, 5.41) is 36.8. The lowest BCUT2D eigenvalue weighted by Crippen LogP contribution is -2.52. The number of hydrogen-bond acceptors (Lipinski definition) is 10. The Morgan fingerprint density at radius 3 is 2.30 bits per heavy atom. The molecule has 0 bridgehead atoms. The number of nitrogens with one attached hydrogen (secondary N) is 1. The smallest absolute Gasteiger partial charge is 0.230 e. The number of benzene rings is 3. The Hall–Kier alpha value is -4.12. The van der Waals surface area contributed by atoms with Crippen molar-refractivity contribution in [1.82, 2.24) is 15.5 Å². The van der Waals surface area contributed by atoms with Gasteiger partial charge in [-0.05, 0) is 30.3 Å². The number of hydrogen-bond donors (Lipinski definition) is 3. The molecule has 4 aromatic rings. The molecule has 1 saturated carbocycles. The van der Waals surface area contributed by atoms with Gasteiger partial charge in [0.05, 0.1) is 39.4 Å². The second-order valence-corrected chi connectivity index (χ2v) is 9.96. The van der Waals surface area contributed by atoms with Crippen LogP contribution < -0.4 is 24.3 Å².